The Kier molecular flexibility index (Phi) is 18.8. The molecule has 1 heterocycles. The second-order valence-corrected chi connectivity index (χ2v) is 9.63. The van der Waals surface area contributed by atoms with Crippen LogP contribution in [-0.2, 0) is 0 Å². The van der Waals surface area contributed by atoms with Gasteiger partial charge < -0.3 is 4.90 Å². The summed E-state index contributed by atoms with van der Waals surface area (Å²) in [5.41, 5.74) is 0. The van der Waals surface area contributed by atoms with Gasteiger partial charge in [0.25, 0.3) is 0 Å². The van der Waals surface area contributed by atoms with Crippen molar-refractivity contribution in [1.82, 2.24) is 4.90 Å². The molecule has 1 fully saturated rings. The van der Waals surface area contributed by atoms with Gasteiger partial charge in [0.15, 0.2) is 0 Å². The van der Waals surface area contributed by atoms with Crippen LogP contribution in [0.25, 0.3) is 0 Å². The van der Waals surface area contributed by atoms with E-state index in [0.29, 0.717) is 0 Å². The molecular weight excluding hydrogens is 338 g/mol. The topological polar surface area (TPSA) is 3.24 Å². The van der Waals surface area contributed by atoms with Gasteiger partial charge >= 0.3 is 0 Å². The molecule has 168 valence electrons. The number of unbranched alkanes of at least 4 members (excludes halogenated alkanes) is 16. The van der Waals surface area contributed by atoms with Crippen molar-refractivity contribution >= 4 is 0 Å². The molecule has 1 saturated heterocycles. The lowest BCUT2D eigenvalue weighted by molar-refractivity contribution is 0.135. The summed E-state index contributed by atoms with van der Waals surface area (Å²) in [4.78, 5) is 2.86. The molecule has 1 aliphatic heterocycles. The van der Waals surface area contributed by atoms with Crippen LogP contribution >= 0.6 is 0 Å². The Balaban J connectivity index is 1.93. The van der Waals surface area contributed by atoms with Crippen LogP contribution in [0.5, 0.6) is 0 Å². The zero-order valence-electron chi connectivity index (χ0n) is 20.0. The highest BCUT2D eigenvalue weighted by Crippen LogP contribution is 2.23. The molecule has 0 radical (unpaired) electrons. The number of rotatable bonds is 20. The van der Waals surface area contributed by atoms with Crippen LogP contribution in [0, 0.1) is 0 Å². The van der Waals surface area contributed by atoms with Crippen molar-refractivity contribution in [3.8, 4) is 0 Å². The average molecular weight is 394 g/mol. The first-order valence-corrected chi connectivity index (χ1v) is 13.6. The van der Waals surface area contributed by atoms with Gasteiger partial charge in [-0.2, -0.15) is 0 Å². The van der Waals surface area contributed by atoms with Gasteiger partial charge in [0, 0.05) is 6.04 Å². The molecule has 1 atom stereocenters. The van der Waals surface area contributed by atoms with E-state index in [1.54, 1.807) is 0 Å². The van der Waals surface area contributed by atoms with E-state index in [2.05, 4.69) is 18.7 Å². The number of piperidine rings is 1. The normalized spacial score (nSPS) is 18.0. The summed E-state index contributed by atoms with van der Waals surface area (Å²) < 4.78 is 0. The van der Waals surface area contributed by atoms with Crippen molar-refractivity contribution in [2.24, 2.45) is 0 Å². The quantitative estimate of drug-likeness (QED) is 0.186. The summed E-state index contributed by atoms with van der Waals surface area (Å²) in [5.74, 6) is 0. The van der Waals surface area contributed by atoms with E-state index >= 15 is 0 Å². The monoisotopic (exact) mass is 393 g/mol. The highest BCUT2D eigenvalue weighted by Gasteiger charge is 2.21. The summed E-state index contributed by atoms with van der Waals surface area (Å²) in [6.45, 7) is 7.39. The van der Waals surface area contributed by atoms with Crippen LogP contribution in [0.1, 0.15) is 155 Å². The van der Waals surface area contributed by atoms with Crippen molar-refractivity contribution in [2.75, 3.05) is 13.1 Å². The van der Waals surface area contributed by atoms with E-state index in [-0.39, 0.29) is 0 Å². The third kappa shape index (κ3) is 14.9. The molecule has 0 amide bonds. The minimum absolute atomic E-state index is 0.924. The molecule has 0 bridgehead atoms. The summed E-state index contributed by atoms with van der Waals surface area (Å²) in [7, 11) is 0. The minimum Gasteiger partial charge on any atom is -0.300 e. The number of hydrogen-bond acceptors (Lipinski definition) is 1. The van der Waals surface area contributed by atoms with Crippen molar-refractivity contribution in [2.45, 2.75) is 161 Å². The third-order valence-corrected chi connectivity index (χ3v) is 6.94. The fourth-order valence-electron chi connectivity index (χ4n) is 5.00. The Bertz CT molecular complexity index is 301. The smallest absolute Gasteiger partial charge is 0.00952 e. The molecule has 1 nitrogen and oxygen atoms in total. The first-order valence-electron chi connectivity index (χ1n) is 13.6. The maximum atomic E-state index is 2.86. The molecule has 0 saturated carbocycles. The highest BCUT2D eigenvalue weighted by molar-refractivity contribution is 4.77. The van der Waals surface area contributed by atoms with Crippen LogP contribution in [0.4, 0.5) is 0 Å². The molecule has 0 aromatic rings. The lowest BCUT2D eigenvalue weighted by Gasteiger charge is -2.36. The molecule has 1 rings (SSSR count). The van der Waals surface area contributed by atoms with Gasteiger partial charge in [0.05, 0.1) is 0 Å². The van der Waals surface area contributed by atoms with Crippen molar-refractivity contribution < 1.29 is 0 Å². The van der Waals surface area contributed by atoms with E-state index in [0.717, 1.165) is 6.04 Å². The van der Waals surface area contributed by atoms with E-state index in [1.807, 2.05) is 0 Å². The Labute approximate surface area is 179 Å². The van der Waals surface area contributed by atoms with E-state index in [4.69, 9.17) is 0 Å². The summed E-state index contributed by atoms with van der Waals surface area (Å²) in [6.07, 6.45) is 32.2. The average Bonchev–Trinajstić information content (AvgIpc) is 2.72. The molecule has 0 aliphatic carbocycles. The van der Waals surface area contributed by atoms with Crippen molar-refractivity contribution in [1.29, 1.82) is 0 Å². The first-order chi connectivity index (χ1) is 13.9. The minimum atomic E-state index is 0.924. The third-order valence-electron chi connectivity index (χ3n) is 6.94. The predicted molar refractivity (Wildman–Crippen MR) is 128 cm³/mol. The van der Waals surface area contributed by atoms with Crippen LogP contribution in [0.15, 0.2) is 0 Å². The Hall–Kier alpha value is -0.0400. The largest absolute Gasteiger partial charge is 0.300 e. The van der Waals surface area contributed by atoms with Crippen molar-refractivity contribution in [3.05, 3.63) is 0 Å². The summed E-state index contributed by atoms with van der Waals surface area (Å²) >= 11 is 0. The Morgan fingerprint density at radius 1 is 0.536 bits per heavy atom. The van der Waals surface area contributed by atoms with Crippen LogP contribution < -0.4 is 0 Å². The molecular formula is C27H55N. The van der Waals surface area contributed by atoms with E-state index in [9.17, 15) is 0 Å². The fourth-order valence-corrected chi connectivity index (χ4v) is 5.00. The maximum Gasteiger partial charge on any atom is 0.00952 e. The van der Waals surface area contributed by atoms with Gasteiger partial charge in [-0.25, -0.2) is 0 Å². The standard InChI is InChI=1S/C27H55N/c1-3-5-7-9-11-12-13-14-15-16-17-19-23-27-24-20-22-26-28(27)25-21-18-10-8-6-4-2/h27H,3-26H2,1-2H3. The van der Waals surface area contributed by atoms with Gasteiger partial charge in [-0.3, -0.25) is 0 Å². The second kappa shape index (κ2) is 20.2. The molecule has 1 heteroatoms. The lowest BCUT2D eigenvalue weighted by atomic mass is 9.95. The second-order valence-electron chi connectivity index (χ2n) is 9.63. The number of nitrogens with zero attached hydrogens (tertiary/aromatic N) is 1. The van der Waals surface area contributed by atoms with E-state index in [1.165, 1.54) is 154 Å². The predicted octanol–water partition coefficient (Wildman–Crippen LogP) is 9.29. The van der Waals surface area contributed by atoms with Gasteiger partial charge in [0.2, 0.25) is 0 Å². The Morgan fingerprint density at radius 3 is 1.54 bits per heavy atom. The fraction of sp³-hybridized carbons (Fsp3) is 1.00. The molecule has 0 N–H and O–H groups in total. The molecule has 0 aromatic carbocycles. The SMILES string of the molecule is CCCCCCCCCCCCCCC1CCCCN1CCCCCCCC. The van der Waals surface area contributed by atoms with Gasteiger partial charge in [-0.05, 0) is 38.8 Å². The summed E-state index contributed by atoms with van der Waals surface area (Å²) in [6, 6.07) is 0.924. The van der Waals surface area contributed by atoms with Gasteiger partial charge in [-0.1, -0.05) is 129 Å². The first kappa shape index (κ1) is 26.0. The van der Waals surface area contributed by atoms with Gasteiger partial charge in [0.1, 0.15) is 0 Å². The summed E-state index contributed by atoms with van der Waals surface area (Å²) in [5, 5.41) is 0. The highest BCUT2D eigenvalue weighted by atomic mass is 15.2. The van der Waals surface area contributed by atoms with Crippen LogP contribution in [0.3, 0.4) is 0 Å². The van der Waals surface area contributed by atoms with Crippen LogP contribution in [-0.4, -0.2) is 24.0 Å². The van der Waals surface area contributed by atoms with Crippen LogP contribution in [0.2, 0.25) is 0 Å². The van der Waals surface area contributed by atoms with Crippen molar-refractivity contribution in [3.63, 3.8) is 0 Å². The number of hydrogen-bond donors (Lipinski definition) is 0. The molecule has 0 aromatic heterocycles. The van der Waals surface area contributed by atoms with Gasteiger partial charge in [-0.15, -0.1) is 0 Å². The Morgan fingerprint density at radius 2 is 1.00 bits per heavy atom. The zero-order valence-corrected chi connectivity index (χ0v) is 20.0. The maximum absolute atomic E-state index is 2.86. The molecule has 28 heavy (non-hydrogen) atoms. The molecule has 0 spiro atoms. The number of likely N-dealkylation sites (tertiary alicyclic amines) is 1. The lowest BCUT2D eigenvalue weighted by Crippen LogP contribution is -2.40. The zero-order chi connectivity index (χ0) is 20.1. The molecule has 1 aliphatic rings. The van der Waals surface area contributed by atoms with E-state index < -0.39 is 0 Å². The molecule has 1 unspecified atom stereocenters.